The van der Waals surface area contributed by atoms with Gasteiger partial charge in [0.1, 0.15) is 5.75 Å². The molecular formula is C28H27NO3. The molecule has 0 saturated heterocycles. The Morgan fingerprint density at radius 2 is 1.75 bits per heavy atom. The number of nitrogens with zero attached hydrogens (tertiary/aromatic N) is 1. The average molecular weight is 426 g/mol. The monoisotopic (exact) mass is 425 g/mol. The molecule has 5 rings (SSSR count). The number of hydrogen-bond acceptors (Lipinski definition) is 2. The van der Waals surface area contributed by atoms with E-state index >= 15 is 0 Å². The first-order chi connectivity index (χ1) is 15.4. The summed E-state index contributed by atoms with van der Waals surface area (Å²) in [5.41, 5.74) is 7.33. The summed E-state index contributed by atoms with van der Waals surface area (Å²) in [6.45, 7) is 4.20. The molecule has 1 fully saturated rings. The van der Waals surface area contributed by atoms with Gasteiger partial charge in [0.15, 0.2) is 0 Å². The van der Waals surface area contributed by atoms with Crippen LogP contribution in [0, 0.1) is 13.8 Å². The maximum Gasteiger partial charge on any atom is 0.311 e. The molecular weight excluding hydrogens is 398 g/mol. The number of aromatic nitrogens is 1. The van der Waals surface area contributed by atoms with Crippen molar-refractivity contribution in [1.82, 2.24) is 4.57 Å². The van der Waals surface area contributed by atoms with Crippen molar-refractivity contribution in [2.45, 2.75) is 44.9 Å². The van der Waals surface area contributed by atoms with Gasteiger partial charge in [-0.25, -0.2) is 0 Å². The Hall–Kier alpha value is -3.53. The number of rotatable bonds is 6. The molecule has 0 radical (unpaired) electrons. The van der Waals surface area contributed by atoms with Crippen molar-refractivity contribution in [3.05, 3.63) is 94.7 Å². The van der Waals surface area contributed by atoms with Gasteiger partial charge < -0.3 is 14.8 Å². The molecule has 0 amide bonds. The number of carboxylic acid groups (broad SMARTS) is 1. The highest BCUT2D eigenvalue weighted by atomic mass is 16.4. The van der Waals surface area contributed by atoms with E-state index in [-0.39, 0.29) is 5.75 Å². The predicted molar refractivity (Wildman–Crippen MR) is 127 cm³/mol. The van der Waals surface area contributed by atoms with Crippen LogP contribution in [0.25, 0.3) is 16.6 Å². The van der Waals surface area contributed by atoms with Gasteiger partial charge in [-0.3, -0.25) is 4.79 Å². The lowest BCUT2D eigenvalue weighted by Crippen LogP contribution is -2.16. The summed E-state index contributed by atoms with van der Waals surface area (Å²) >= 11 is 0. The van der Waals surface area contributed by atoms with Crippen molar-refractivity contribution in [3.8, 4) is 11.4 Å². The van der Waals surface area contributed by atoms with E-state index in [1.54, 1.807) is 12.1 Å². The van der Waals surface area contributed by atoms with Crippen molar-refractivity contribution < 1.29 is 15.0 Å². The Labute approximate surface area is 187 Å². The molecule has 4 aromatic rings. The van der Waals surface area contributed by atoms with Crippen LogP contribution in [-0.4, -0.2) is 20.7 Å². The van der Waals surface area contributed by atoms with Crippen LogP contribution >= 0.6 is 0 Å². The first-order valence-electron chi connectivity index (χ1n) is 11.2. The van der Waals surface area contributed by atoms with E-state index < -0.39 is 11.9 Å². The van der Waals surface area contributed by atoms with Crippen LogP contribution in [-0.2, 0) is 11.2 Å². The summed E-state index contributed by atoms with van der Waals surface area (Å²) in [6, 6.07) is 21.5. The van der Waals surface area contributed by atoms with E-state index in [4.69, 9.17) is 0 Å². The SMILES string of the molecule is Cc1ccc(-n2c(C3CC3)c(C(Cc3ccccc3)C(=O)O)c3cc(O)ccc32)cc1C. The minimum absolute atomic E-state index is 0.155. The molecule has 1 heterocycles. The zero-order valence-corrected chi connectivity index (χ0v) is 18.4. The van der Waals surface area contributed by atoms with E-state index in [0.29, 0.717) is 12.3 Å². The van der Waals surface area contributed by atoms with Gasteiger partial charge in [-0.2, -0.15) is 0 Å². The van der Waals surface area contributed by atoms with Crippen molar-refractivity contribution >= 4 is 16.9 Å². The quantitative estimate of drug-likeness (QED) is 0.384. The molecule has 0 aliphatic heterocycles. The molecule has 3 aromatic carbocycles. The topological polar surface area (TPSA) is 62.5 Å². The van der Waals surface area contributed by atoms with E-state index in [1.165, 1.54) is 11.1 Å². The molecule has 1 aliphatic carbocycles. The molecule has 4 heteroatoms. The van der Waals surface area contributed by atoms with Crippen LogP contribution in [0.5, 0.6) is 5.75 Å². The zero-order valence-electron chi connectivity index (χ0n) is 18.4. The maximum absolute atomic E-state index is 12.6. The van der Waals surface area contributed by atoms with E-state index in [1.807, 2.05) is 36.4 Å². The Bertz CT molecular complexity index is 1320. The Kier molecular flexibility index (Phi) is 5.01. The molecule has 0 bridgehead atoms. The normalized spacial score (nSPS) is 14.6. The minimum Gasteiger partial charge on any atom is -0.508 e. The molecule has 32 heavy (non-hydrogen) atoms. The average Bonchev–Trinajstić information content (AvgIpc) is 3.56. The first-order valence-corrected chi connectivity index (χ1v) is 11.2. The lowest BCUT2D eigenvalue weighted by Gasteiger charge is -2.17. The van der Waals surface area contributed by atoms with Gasteiger partial charge in [-0.1, -0.05) is 36.4 Å². The molecule has 1 unspecified atom stereocenters. The van der Waals surface area contributed by atoms with Gasteiger partial charge in [0.05, 0.1) is 11.4 Å². The highest BCUT2D eigenvalue weighted by Crippen LogP contribution is 2.49. The molecule has 2 N–H and O–H groups in total. The highest BCUT2D eigenvalue weighted by Gasteiger charge is 2.37. The van der Waals surface area contributed by atoms with Gasteiger partial charge in [0.2, 0.25) is 0 Å². The summed E-state index contributed by atoms with van der Waals surface area (Å²) < 4.78 is 2.23. The highest BCUT2D eigenvalue weighted by molar-refractivity contribution is 5.94. The standard InChI is InChI=1S/C28H27NO3/c1-17-8-11-21(14-18(17)2)29-25-13-12-22(30)16-23(25)26(27(29)20-9-10-20)24(28(31)32)15-19-6-4-3-5-7-19/h3-8,11-14,16,20,24,30H,9-10,15H2,1-2H3,(H,31,32). The lowest BCUT2D eigenvalue weighted by molar-refractivity contribution is -0.138. The predicted octanol–water partition coefficient (Wildman–Crippen LogP) is 6.24. The second-order valence-electron chi connectivity index (χ2n) is 8.96. The van der Waals surface area contributed by atoms with Gasteiger partial charge >= 0.3 is 5.97 Å². The fourth-order valence-electron chi connectivity index (χ4n) is 4.75. The lowest BCUT2D eigenvalue weighted by atomic mass is 9.88. The summed E-state index contributed by atoms with van der Waals surface area (Å²) in [6.07, 6.45) is 2.52. The van der Waals surface area contributed by atoms with Crippen LogP contribution in [0.2, 0.25) is 0 Å². The smallest absolute Gasteiger partial charge is 0.311 e. The van der Waals surface area contributed by atoms with Crippen LogP contribution in [0.15, 0.2) is 66.7 Å². The summed E-state index contributed by atoms with van der Waals surface area (Å²) in [4.78, 5) is 12.6. The fraction of sp³-hybridized carbons (Fsp3) is 0.250. The summed E-state index contributed by atoms with van der Waals surface area (Å²) in [7, 11) is 0. The van der Waals surface area contributed by atoms with Crippen LogP contribution in [0.4, 0.5) is 0 Å². The third-order valence-electron chi connectivity index (χ3n) is 6.67. The molecule has 1 aliphatic rings. The number of aryl methyl sites for hydroxylation is 2. The molecule has 162 valence electrons. The number of phenols is 1. The Morgan fingerprint density at radius 3 is 2.41 bits per heavy atom. The number of carboxylic acids is 1. The number of benzene rings is 3. The number of carbonyl (C=O) groups is 1. The fourth-order valence-corrected chi connectivity index (χ4v) is 4.75. The molecule has 1 atom stereocenters. The van der Waals surface area contributed by atoms with Crippen molar-refractivity contribution in [1.29, 1.82) is 0 Å². The van der Waals surface area contributed by atoms with Gasteiger partial charge in [0, 0.05) is 16.8 Å². The number of aromatic hydroxyl groups is 1. The van der Waals surface area contributed by atoms with Gasteiger partial charge in [-0.05, 0) is 91.6 Å². The summed E-state index contributed by atoms with van der Waals surface area (Å²) in [5, 5.41) is 21.5. The molecule has 0 spiro atoms. The number of phenolic OH excluding ortho intramolecular Hbond substituents is 1. The van der Waals surface area contributed by atoms with Crippen molar-refractivity contribution in [2.75, 3.05) is 0 Å². The molecule has 1 saturated carbocycles. The third-order valence-corrected chi connectivity index (χ3v) is 6.67. The third kappa shape index (κ3) is 3.56. The van der Waals surface area contributed by atoms with E-state index in [0.717, 1.165) is 46.3 Å². The molecule has 4 nitrogen and oxygen atoms in total. The maximum atomic E-state index is 12.6. The second kappa shape index (κ2) is 7.86. The van der Waals surface area contributed by atoms with E-state index in [9.17, 15) is 15.0 Å². The van der Waals surface area contributed by atoms with E-state index in [2.05, 4.69) is 36.6 Å². The Morgan fingerprint density at radius 1 is 1.00 bits per heavy atom. The number of fused-ring (bicyclic) bond motifs is 1. The first kappa shape index (κ1) is 20.4. The summed E-state index contributed by atoms with van der Waals surface area (Å²) in [5.74, 6) is -1.04. The Balaban J connectivity index is 1.80. The van der Waals surface area contributed by atoms with Crippen LogP contribution < -0.4 is 0 Å². The van der Waals surface area contributed by atoms with Crippen LogP contribution in [0.3, 0.4) is 0 Å². The zero-order chi connectivity index (χ0) is 22.4. The second-order valence-corrected chi connectivity index (χ2v) is 8.96. The minimum atomic E-state index is -0.835. The number of aliphatic carboxylic acids is 1. The van der Waals surface area contributed by atoms with Crippen molar-refractivity contribution in [3.63, 3.8) is 0 Å². The number of hydrogen-bond donors (Lipinski definition) is 2. The van der Waals surface area contributed by atoms with Crippen LogP contribution in [0.1, 0.15) is 52.6 Å². The van der Waals surface area contributed by atoms with Gasteiger partial charge in [-0.15, -0.1) is 0 Å². The van der Waals surface area contributed by atoms with Crippen molar-refractivity contribution in [2.24, 2.45) is 0 Å². The molecule has 1 aromatic heterocycles. The largest absolute Gasteiger partial charge is 0.508 e. The van der Waals surface area contributed by atoms with Gasteiger partial charge in [0.25, 0.3) is 0 Å².